The van der Waals surface area contributed by atoms with E-state index >= 15 is 0 Å². The Kier molecular flexibility index (Phi) is 7.86. The molecule has 1 N–H and O–H groups in total. The zero-order valence-electron chi connectivity index (χ0n) is 17.3. The van der Waals surface area contributed by atoms with Crippen LogP contribution >= 0.6 is 0 Å². The van der Waals surface area contributed by atoms with Crippen molar-refractivity contribution in [2.75, 3.05) is 39.4 Å². The Morgan fingerprint density at radius 2 is 1.72 bits per heavy atom. The molecule has 1 saturated heterocycles. The third-order valence-corrected chi connectivity index (χ3v) is 6.11. The maximum Gasteiger partial charge on any atom is 0.409 e. The fourth-order valence-electron chi connectivity index (χ4n) is 3.06. The standard InChI is InChI=1S/C19H29N3O6S/c1-5-27-17-8-7-16(13-14(17)3)29(25,26)20-15(4)18(23)21-9-11-22(12-10-21)19(24)28-6-2/h7-8,13,15,20H,5-6,9-12H2,1-4H3/t15-/m1/s1. The Morgan fingerprint density at radius 3 is 2.28 bits per heavy atom. The van der Waals surface area contributed by atoms with Crippen molar-refractivity contribution < 1.29 is 27.5 Å². The largest absolute Gasteiger partial charge is 0.494 e. The average Bonchev–Trinajstić information content (AvgIpc) is 2.69. The van der Waals surface area contributed by atoms with Gasteiger partial charge in [-0.2, -0.15) is 4.72 Å². The Balaban J connectivity index is 1.98. The fraction of sp³-hybridized carbons (Fsp3) is 0.579. The number of hydrogen-bond acceptors (Lipinski definition) is 6. The van der Waals surface area contributed by atoms with Crippen LogP contribution in [0, 0.1) is 6.92 Å². The lowest BCUT2D eigenvalue weighted by atomic mass is 10.2. The van der Waals surface area contributed by atoms with Gasteiger partial charge in [-0.1, -0.05) is 0 Å². The van der Waals surface area contributed by atoms with E-state index in [1.54, 1.807) is 24.8 Å². The lowest BCUT2D eigenvalue weighted by molar-refractivity contribution is -0.134. The number of ether oxygens (including phenoxy) is 2. The molecule has 0 spiro atoms. The average molecular weight is 428 g/mol. The van der Waals surface area contributed by atoms with Gasteiger partial charge in [0.25, 0.3) is 0 Å². The SMILES string of the molecule is CCOC(=O)N1CCN(C(=O)[C@@H](C)NS(=O)(=O)c2ccc(OCC)c(C)c2)CC1. The molecule has 1 heterocycles. The second kappa shape index (κ2) is 9.93. The molecule has 2 amide bonds. The van der Waals surface area contributed by atoms with Crippen LogP contribution in [0.1, 0.15) is 26.3 Å². The second-order valence-corrected chi connectivity index (χ2v) is 8.43. The topological polar surface area (TPSA) is 105 Å². The van der Waals surface area contributed by atoms with Crippen molar-refractivity contribution in [3.63, 3.8) is 0 Å². The Bertz CT molecular complexity index is 834. The number of carbonyl (C=O) groups excluding carboxylic acids is 2. The predicted molar refractivity (Wildman–Crippen MR) is 107 cm³/mol. The zero-order valence-corrected chi connectivity index (χ0v) is 18.1. The number of nitrogens with zero attached hydrogens (tertiary/aromatic N) is 2. The molecule has 2 rings (SSSR count). The van der Waals surface area contributed by atoms with Crippen LogP contribution in [0.4, 0.5) is 4.79 Å². The molecule has 1 aromatic rings. The minimum atomic E-state index is -3.87. The maximum atomic E-state index is 12.7. The first kappa shape index (κ1) is 23.0. The maximum absolute atomic E-state index is 12.7. The van der Waals surface area contributed by atoms with Gasteiger partial charge in [0.15, 0.2) is 0 Å². The highest BCUT2D eigenvalue weighted by atomic mass is 32.2. The van der Waals surface area contributed by atoms with Crippen molar-refractivity contribution >= 4 is 22.0 Å². The van der Waals surface area contributed by atoms with Gasteiger partial charge in [0, 0.05) is 26.2 Å². The number of hydrogen-bond donors (Lipinski definition) is 1. The molecule has 1 aliphatic heterocycles. The van der Waals surface area contributed by atoms with Gasteiger partial charge in [-0.3, -0.25) is 4.79 Å². The smallest absolute Gasteiger partial charge is 0.409 e. The molecule has 0 bridgehead atoms. The van der Waals surface area contributed by atoms with Crippen molar-refractivity contribution in [2.24, 2.45) is 0 Å². The first-order valence-corrected chi connectivity index (χ1v) is 11.1. The molecule has 0 saturated carbocycles. The normalized spacial score (nSPS) is 15.7. The van der Waals surface area contributed by atoms with E-state index in [1.165, 1.54) is 24.0 Å². The molecule has 0 aliphatic carbocycles. The lowest BCUT2D eigenvalue weighted by Gasteiger charge is -2.35. The number of sulfonamides is 1. The minimum absolute atomic E-state index is 0.0743. The van der Waals surface area contributed by atoms with Crippen molar-refractivity contribution in [1.82, 2.24) is 14.5 Å². The summed E-state index contributed by atoms with van der Waals surface area (Å²) in [5.74, 6) is 0.287. The van der Waals surface area contributed by atoms with Crippen LogP contribution in [0.15, 0.2) is 23.1 Å². The molecule has 1 fully saturated rings. The van der Waals surface area contributed by atoms with Gasteiger partial charge in [0.05, 0.1) is 24.2 Å². The highest BCUT2D eigenvalue weighted by Crippen LogP contribution is 2.22. The molecule has 10 heteroatoms. The predicted octanol–water partition coefficient (Wildman–Crippen LogP) is 1.36. The van der Waals surface area contributed by atoms with Gasteiger partial charge in [-0.05, 0) is 51.5 Å². The summed E-state index contributed by atoms with van der Waals surface area (Å²) >= 11 is 0. The summed E-state index contributed by atoms with van der Waals surface area (Å²) in [4.78, 5) is 27.6. The molecule has 162 valence electrons. The lowest BCUT2D eigenvalue weighted by Crippen LogP contribution is -2.55. The molecular formula is C19H29N3O6S. The van der Waals surface area contributed by atoms with Gasteiger partial charge in [-0.15, -0.1) is 0 Å². The second-order valence-electron chi connectivity index (χ2n) is 6.71. The molecule has 9 nitrogen and oxygen atoms in total. The minimum Gasteiger partial charge on any atom is -0.494 e. The van der Waals surface area contributed by atoms with E-state index < -0.39 is 22.2 Å². The summed E-state index contributed by atoms with van der Waals surface area (Å²) in [6, 6.07) is 3.65. The first-order chi connectivity index (χ1) is 13.7. The third kappa shape index (κ3) is 5.83. The third-order valence-electron chi connectivity index (χ3n) is 4.58. The molecule has 0 aromatic heterocycles. The molecule has 29 heavy (non-hydrogen) atoms. The first-order valence-electron chi connectivity index (χ1n) is 9.65. The number of amides is 2. The number of benzene rings is 1. The Hall–Kier alpha value is -2.33. The summed E-state index contributed by atoms with van der Waals surface area (Å²) in [6.07, 6.45) is -0.404. The summed E-state index contributed by atoms with van der Waals surface area (Å²) in [6.45, 7) is 8.99. The van der Waals surface area contributed by atoms with Gasteiger partial charge in [-0.25, -0.2) is 13.2 Å². The molecule has 1 aromatic carbocycles. The van der Waals surface area contributed by atoms with Crippen LogP contribution < -0.4 is 9.46 Å². The van der Waals surface area contributed by atoms with E-state index in [-0.39, 0.29) is 10.8 Å². The number of piperazine rings is 1. The summed E-state index contributed by atoms with van der Waals surface area (Å²) in [5.41, 5.74) is 0.698. The molecular weight excluding hydrogens is 398 g/mol. The van der Waals surface area contributed by atoms with Crippen LogP contribution in [0.2, 0.25) is 0 Å². The van der Waals surface area contributed by atoms with E-state index in [0.29, 0.717) is 50.7 Å². The quantitative estimate of drug-likeness (QED) is 0.704. The Morgan fingerprint density at radius 1 is 1.10 bits per heavy atom. The molecule has 1 atom stereocenters. The molecule has 1 aliphatic rings. The van der Waals surface area contributed by atoms with E-state index in [2.05, 4.69) is 4.72 Å². The van der Waals surface area contributed by atoms with E-state index in [4.69, 9.17) is 9.47 Å². The van der Waals surface area contributed by atoms with E-state index in [1.807, 2.05) is 6.92 Å². The van der Waals surface area contributed by atoms with Crippen molar-refractivity contribution in [3.05, 3.63) is 23.8 Å². The fourth-order valence-corrected chi connectivity index (χ4v) is 4.34. The van der Waals surface area contributed by atoms with Gasteiger partial charge in [0.2, 0.25) is 15.9 Å². The van der Waals surface area contributed by atoms with E-state index in [9.17, 15) is 18.0 Å². The number of carbonyl (C=O) groups is 2. The summed E-state index contributed by atoms with van der Waals surface area (Å²) in [7, 11) is -3.87. The van der Waals surface area contributed by atoms with Crippen LogP contribution in [0.25, 0.3) is 0 Å². The number of aryl methyl sites for hydroxylation is 1. The van der Waals surface area contributed by atoms with E-state index in [0.717, 1.165) is 0 Å². The summed E-state index contributed by atoms with van der Waals surface area (Å²) in [5, 5.41) is 0. The van der Waals surface area contributed by atoms with Crippen LogP contribution in [0.3, 0.4) is 0 Å². The van der Waals surface area contributed by atoms with Crippen molar-refractivity contribution in [1.29, 1.82) is 0 Å². The number of rotatable bonds is 7. The highest BCUT2D eigenvalue weighted by molar-refractivity contribution is 7.89. The molecule has 0 unspecified atom stereocenters. The van der Waals surface area contributed by atoms with Crippen LogP contribution in [-0.4, -0.2) is 75.7 Å². The monoisotopic (exact) mass is 427 g/mol. The van der Waals surface area contributed by atoms with Crippen molar-refractivity contribution in [2.45, 2.75) is 38.6 Å². The Labute approximate surface area is 172 Å². The van der Waals surface area contributed by atoms with Gasteiger partial charge >= 0.3 is 6.09 Å². The zero-order chi connectivity index (χ0) is 21.6. The van der Waals surface area contributed by atoms with Gasteiger partial charge < -0.3 is 19.3 Å². The highest BCUT2D eigenvalue weighted by Gasteiger charge is 2.30. The molecule has 0 radical (unpaired) electrons. The van der Waals surface area contributed by atoms with Gasteiger partial charge in [0.1, 0.15) is 5.75 Å². The number of nitrogens with one attached hydrogen (secondary N) is 1. The summed E-state index contributed by atoms with van der Waals surface area (Å²) < 4.78 is 38.2. The van der Waals surface area contributed by atoms with Crippen LogP contribution in [-0.2, 0) is 19.6 Å². The van der Waals surface area contributed by atoms with Crippen LogP contribution in [0.5, 0.6) is 5.75 Å². The van der Waals surface area contributed by atoms with Crippen molar-refractivity contribution in [3.8, 4) is 5.75 Å².